The lowest BCUT2D eigenvalue weighted by Crippen LogP contribution is -2.33. The first-order valence-corrected chi connectivity index (χ1v) is 12.3. The van der Waals surface area contributed by atoms with Crippen LogP contribution in [0.5, 0.6) is 0 Å². The Morgan fingerprint density at radius 3 is 2.43 bits per heavy atom. The Balaban J connectivity index is 1.32. The molecule has 0 aliphatic carbocycles. The van der Waals surface area contributed by atoms with Crippen LogP contribution in [-0.2, 0) is 17.7 Å². The Hall–Kier alpha value is -3.03. The Labute approximate surface area is 212 Å². The molecule has 2 aromatic carbocycles. The topological polar surface area (TPSA) is 86.5 Å². The van der Waals surface area contributed by atoms with Crippen molar-refractivity contribution in [1.29, 1.82) is 0 Å². The molecule has 0 bridgehead atoms. The number of halogens is 1. The van der Waals surface area contributed by atoms with Gasteiger partial charge in [-0.1, -0.05) is 41.9 Å². The highest BCUT2D eigenvalue weighted by atomic mass is 35.5. The number of amides is 2. The van der Waals surface area contributed by atoms with Crippen molar-refractivity contribution in [2.24, 2.45) is 0 Å². The summed E-state index contributed by atoms with van der Waals surface area (Å²) in [6.45, 7) is 8.23. The molecule has 3 N–H and O–H groups in total. The number of benzene rings is 2. The highest BCUT2D eigenvalue weighted by molar-refractivity contribution is 6.35. The number of hydrogen-bond acceptors (Lipinski definition) is 4. The minimum atomic E-state index is -0.501. The van der Waals surface area contributed by atoms with Gasteiger partial charge in [-0.25, -0.2) is 4.79 Å². The number of H-pyrrole nitrogens is 1. The van der Waals surface area contributed by atoms with E-state index in [9.17, 15) is 9.59 Å². The maximum atomic E-state index is 12.4. The number of aryl methyl sites for hydroxylation is 1. The molecule has 8 heteroatoms. The van der Waals surface area contributed by atoms with Gasteiger partial charge in [-0.3, -0.25) is 4.79 Å². The average Bonchev–Trinajstić information content (AvgIpc) is 3.23. The van der Waals surface area contributed by atoms with Crippen LogP contribution < -0.4 is 10.6 Å². The number of nitrogens with one attached hydrogen (secondary N) is 3. The van der Waals surface area contributed by atoms with E-state index in [1.807, 2.05) is 51.1 Å². The predicted octanol–water partition coefficient (Wildman–Crippen LogP) is 5.14. The molecule has 1 heterocycles. The molecule has 1 aromatic heterocycles. The number of alkyl carbamates (subject to hydrolysis) is 1. The van der Waals surface area contributed by atoms with E-state index < -0.39 is 11.7 Å². The van der Waals surface area contributed by atoms with Crippen molar-refractivity contribution >= 4 is 34.5 Å². The number of likely N-dealkylation sites (N-methyl/N-ethyl adjacent to an activating group) is 1. The summed E-state index contributed by atoms with van der Waals surface area (Å²) in [5.74, 6) is -0.132. The van der Waals surface area contributed by atoms with Crippen LogP contribution in [-0.4, -0.2) is 54.2 Å². The van der Waals surface area contributed by atoms with Gasteiger partial charge in [0, 0.05) is 35.6 Å². The Morgan fingerprint density at radius 2 is 1.74 bits per heavy atom. The third-order valence-electron chi connectivity index (χ3n) is 5.50. The predicted molar refractivity (Wildman–Crippen MR) is 141 cm³/mol. The van der Waals surface area contributed by atoms with Crippen molar-refractivity contribution in [1.82, 2.24) is 20.5 Å². The van der Waals surface area contributed by atoms with Crippen LogP contribution in [0.4, 0.5) is 4.79 Å². The van der Waals surface area contributed by atoms with Crippen LogP contribution in [0.1, 0.15) is 48.8 Å². The van der Waals surface area contributed by atoms with Gasteiger partial charge in [0.1, 0.15) is 11.3 Å². The van der Waals surface area contributed by atoms with Crippen LogP contribution in [0.2, 0.25) is 5.02 Å². The monoisotopic (exact) mass is 498 g/mol. The molecule has 0 radical (unpaired) electrons. The summed E-state index contributed by atoms with van der Waals surface area (Å²) in [7, 11) is 2.06. The summed E-state index contributed by atoms with van der Waals surface area (Å²) in [5, 5.41) is 7.22. The average molecular weight is 499 g/mol. The second-order valence-electron chi connectivity index (χ2n) is 9.72. The van der Waals surface area contributed by atoms with Gasteiger partial charge in [0.05, 0.1) is 0 Å². The molecule has 0 aliphatic heterocycles. The molecule has 0 unspecified atom stereocenters. The summed E-state index contributed by atoms with van der Waals surface area (Å²) < 4.78 is 5.25. The van der Waals surface area contributed by atoms with E-state index in [0.717, 1.165) is 42.4 Å². The number of hydrogen-bond donors (Lipinski definition) is 3. The summed E-state index contributed by atoms with van der Waals surface area (Å²) >= 11 is 6.19. The van der Waals surface area contributed by atoms with Gasteiger partial charge in [-0.2, -0.15) is 0 Å². The number of carbonyl (C=O) groups is 2. The normalized spacial score (nSPS) is 11.6. The van der Waals surface area contributed by atoms with Crippen LogP contribution in [0.15, 0.2) is 48.5 Å². The van der Waals surface area contributed by atoms with E-state index in [2.05, 4.69) is 39.7 Å². The quantitative estimate of drug-likeness (QED) is 0.361. The zero-order chi connectivity index (χ0) is 25.4. The molecule has 0 aliphatic rings. The van der Waals surface area contributed by atoms with Crippen molar-refractivity contribution in [3.8, 4) is 0 Å². The lowest BCUT2D eigenvalue weighted by Gasteiger charge is -2.19. The van der Waals surface area contributed by atoms with Crippen molar-refractivity contribution < 1.29 is 14.3 Å². The van der Waals surface area contributed by atoms with Gasteiger partial charge in [-0.05, 0) is 76.5 Å². The molecule has 3 rings (SSSR count). The number of aromatic nitrogens is 1. The molecule has 0 spiro atoms. The summed E-state index contributed by atoms with van der Waals surface area (Å²) in [5.41, 5.74) is 3.15. The molecule has 0 fully saturated rings. The molecular weight excluding hydrogens is 464 g/mol. The fourth-order valence-corrected chi connectivity index (χ4v) is 3.90. The van der Waals surface area contributed by atoms with Crippen LogP contribution in [0.25, 0.3) is 10.9 Å². The molecule has 35 heavy (non-hydrogen) atoms. The van der Waals surface area contributed by atoms with Crippen molar-refractivity contribution in [3.05, 3.63) is 70.4 Å². The zero-order valence-electron chi connectivity index (χ0n) is 20.9. The first-order chi connectivity index (χ1) is 16.6. The first-order valence-electron chi connectivity index (χ1n) is 11.9. The van der Waals surface area contributed by atoms with E-state index in [1.165, 1.54) is 5.56 Å². The maximum absolute atomic E-state index is 12.4. The molecule has 7 nitrogen and oxygen atoms in total. The summed E-state index contributed by atoms with van der Waals surface area (Å²) in [6, 6.07) is 15.6. The fourth-order valence-electron chi connectivity index (χ4n) is 3.67. The van der Waals surface area contributed by atoms with E-state index >= 15 is 0 Å². The number of aromatic amines is 1. The van der Waals surface area contributed by atoms with Gasteiger partial charge < -0.3 is 25.3 Å². The van der Waals surface area contributed by atoms with Crippen molar-refractivity contribution in [3.63, 3.8) is 0 Å². The maximum Gasteiger partial charge on any atom is 0.407 e. The van der Waals surface area contributed by atoms with Gasteiger partial charge in [-0.15, -0.1) is 0 Å². The SMILES string of the molecule is CN(CCCc1ccc(CNC(=O)OC(C)(C)C)cc1)CCNC(=O)c1cc2c(Cl)cccc2[nH]1. The number of fused-ring (bicyclic) bond motifs is 1. The minimum absolute atomic E-state index is 0.132. The van der Waals surface area contributed by atoms with Crippen molar-refractivity contribution in [2.75, 3.05) is 26.7 Å². The lowest BCUT2D eigenvalue weighted by atomic mass is 10.1. The van der Waals surface area contributed by atoms with Crippen molar-refractivity contribution in [2.45, 2.75) is 45.8 Å². The number of rotatable bonds is 10. The van der Waals surface area contributed by atoms with Crippen LogP contribution in [0.3, 0.4) is 0 Å². The van der Waals surface area contributed by atoms with Gasteiger partial charge in [0.2, 0.25) is 0 Å². The van der Waals surface area contributed by atoms with E-state index in [0.29, 0.717) is 23.8 Å². The fraction of sp³-hybridized carbons (Fsp3) is 0.407. The van der Waals surface area contributed by atoms with Gasteiger partial charge in [0.25, 0.3) is 5.91 Å². The standard InChI is InChI=1S/C27H35ClN4O3/c1-27(2,3)35-26(34)30-18-20-12-10-19(11-13-20)7-6-15-32(4)16-14-29-25(33)24-17-21-22(28)8-5-9-23(21)31-24/h5,8-13,17,31H,6-7,14-16,18H2,1-4H3,(H,29,33)(H,30,34). The van der Waals surface area contributed by atoms with E-state index in [4.69, 9.17) is 16.3 Å². The molecule has 0 saturated heterocycles. The number of carbonyl (C=O) groups excluding carboxylic acids is 2. The second-order valence-corrected chi connectivity index (χ2v) is 10.1. The number of ether oxygens (including phenoxy) is 1. The minimum Gasteiger partial charge on any atom is -0.444 e. The van der Waals surface area contributed by atoms with Gasteiger partial charge >= 0.3 is 6.09 Å². The summed E-state index contributed by atoms with van der Waals surface area (Å²) in [4.78, 5) is 29.5. The Morgan fingerprint density at radius 1 is 1.03 bits per heavy atom. The molecule has 2 amide bonds. The second kappa shape index (κ2) is 12.1. The molecule has 0 atom stereocenters. The van der Waals surface area contributed by atoms with E-state index in [1.54, 1.807) is 6.07 Å². The van der Waals surface area contributed by atoms with E-state index in [-0.39, 0.29) is 5.91 Å². The third-order valence-corrected chi connectivity index (χ3v) is 5.83. The summed E-state index contributed by atoms with van der Waals surface area (Å²) in [6.07, 6.45) is 1.57. The highest BCUT2D eigenvalue weighted by Gasteiger charge is 2.15. The first kappa shape index (κ1) is 26.6. The van der Waals surface area contributed by atoms with Gasteiger partial charge in [0.15, 0.2) is 0 Å². The Bertz CT molecular complexity index is 1140. The molecule has 3 aromatic rings. The Kier molecular flexibility index (Phi) is 9.18. The largest absolute Gasteiger partial charge is 0.444 e. The smallest absolute Gasteiger partial charge is 0.407 e. The lowest BCUT2D eigenvalue weighted by molar-refractivity contribution is 0.0523. The van der Waals surface area contributed by atoms with Crippen LogP contribution in [0, 0.1) is 0 Å². The highest BCUT2D eigenvalue weighted by Crippen LogP contribution is 2.23. The molecular formula is C27H35ClN4O3. The third kappa shape index (κ3) is 8.60. The van der Waals surface area contributed by atoms with Crippen LogP contribution >= 0.6 is 11.6 Å². The number of nitrogens with zero attached hydrogens (tertiary/aromatic N) is 1. The molecule has 0 saturated carbocycles. The molecule has 188 valence electrons. The zero-order valence-corrected chi connectivity index (χ0v) is 21.7.